The molecule has 0 radical (unpaired) electrons. The zero-order chi connectivity index (χ0) is 9.38. The van der Waals surface area contributed by atoms with Gasteiger partial charge in [0.25, 0.3) is 0 Å². The van der Waals surface area contributed by atoms with E-state index in [2.05, 4.69) is 60.7 Å². The number of rotatable bonds is 0. The summed E-state index contributed by atoms with van der Waals surface area (Å²) in [6.07, 6.45) is 0. The maximum Gasteiger partial charge on any atom is 0 e. The van der Waals surface area contributed by atoms with E-state index in [0.717, 1.165) is 0 Å². The Labute approximate surface area is 122 Å². The molecule has 3 rings (SSSR count). The van der Waals surface area contributed by atoms with Crippen LogP contribution in [0.5, 0.6) is 0 Å². The van der Waals surface area contributed by atoms with E-state index < -0.39 is 0 Å². The molecule has 0 heterocycles. The third kappa shape index (κ3) is 2.06. The van der Waals surface area contributed by atoms with Crippen molar-refractivity contribution >= 4 is 21.5 Å². The van der Waals surface area contributed by atoms with Gasteiger partial charge in [-0.05, 0) is 33.7 Å². The largest absolute Gasteiger partial charge is 0.0616 e. The third-order valence-corrected chi connectivity index (χ3v) is 2.61. The van der Waals surface area contributed by atoms with Gasteiger partial charge in [-0.3, -0.25) is 0 Å². The number of hydrogen-bond acceptors (Lipinski definition) is 0. The van der Waals surface area contributed by atoms with Gasteiger partial charge in [-0.15, -0.1) is 0 Å². The van der Waals surface area contributed by atoms with E-state index in [9.17, 15) is 0 Å². The maximum absolute atomic E-state index is 2.24. The Morgan fingerprint density at radius 2 is 0.733 bits per heavy atom. The standard InChI is InChI=1S/C14H10.Nd/c1-2-6-12-10-14-8-4-3-7-13(14)9-11(12)5-1;/h1-10H;. The summed E-state index contributed by atoms with van der Waals surface area (Å²) in [5, 5.41) is 5.25. The fourth-order valence-electron chi connectivity index (χ4n) is 1.88. The first kappa shape index (κ1) is 11.0. The molecule has 0 nitrogen and oxygen atoms in total. The Balaban J connectivity index is 0.000000853. The zero-order valence-electron chi connectivity index (χ0n) is 8.27. The quantitative estimate of drug-likeness (QED) is 0.549. The second-order valence-corrected chi connectivity index (χ2v) is 3.55. The zero-order valence-corrected chi connectivity index (χ0v) is 11.5. The van der Waals surface area contributed by atoms with E-state index in [-0.39, 0.29) is 40.8 Å². The van der Waals surface area contributed by atoms with Crippen LogP contribution in [0.15, 0.2) is 60.7 Å². The topological polar surface area (TPSA) is 0 Å². The molecule has 0 bridgehead atoms. The number of hydrogen-bond donors (Lipinski definition) is 0. The van der Waals surface area contributed by atoms with Crippen LogP contribution < -0.4 is 0 Å². The maximum atomic E-state index is 2.24. The van der Waals surface area contributed by atoms with Crippen LogP contribution in [-0.2, 0) is 0 Å². The van der Waals surface area contributed by atoms with Crippen molar-refractivity contribution in [3.05, 3.63) is 60.7 Å². The molecule has 0 N–H and O–H groups in total. The van der Waals surface area contributed by atoms with Crippen molar-refractivity contribution in [2.45, 2.75) is 0 Å². The first-order valence-electron chi connectivity index (χ1n) is 4.81. The van der Waals surface area contributed by atoms with Crippen molar-refractivity contribution in [1.82, 2.24) is 0 Å². The van der Waals surface area contributed by atoms with E-state index in [1.807, 2.05) is 0 Å². The van der Waals surface area contributed by atoms with E-state index in [4.69, 9.17) is 0 Å². The molecular formula is C14H10Nd. The molecule has 0 aliphatic heterocycles. The average Bonchev–Trinajstić information content (AvgIpc) is 2.26. The normalized spacial score (nSPS) is 10.1. The molecule has 0 aliphatic rings. The van der Waals surface area contributed by atoms with Crippen LogP contribution in [0.1, 0.15) is 0 Å². The molecule has 0 saturated heterocycles. The molecule has 0 atom stereocenters. The molecule has 0 saturated carbocycles. The summed E-state index contributed by atoms with van der Waals surface area (Å²) in [6, 6.07) is 21.4. The minimum Gasteiger partial charge on any atom is -0.0616 e. The molecule has 0 spiro atoms. The van der Waals surface area contributed by atoms with Crippen LogP contribution >= 0.6 is 0 Å². The van der Waals surface area contributed by atoms with E-state index in [0.29, 0.717) is 0 Å². The number of fused-ring (bicyclic) bond motifs is 2. The van der Waals surface area contributed by atoms with Crippen molar-refractivity contribution in [2.24, 2.45) is 0 Å². The van der Waals surface area contributed by atoms with Crippen LogP contribution in [-0.4, -0.2) is 0 Å². The molecule has 0 aliphatic carbocycles. The molecule has 0 fully saturated rings. The number of benzene rings is 3. The summed E-state index contributed by atoms with van der Waals surface area (Å²) in [5.41, 5.74) is 0. The summed E-state index contributed by atoms with van der Waals surface area (Å²) in [5.74, 6) is 0. The van der Waals surface area contributed by atoms with Gasteiger partial charge in [0.2, 0.25) is 0 Å². The fraction of sp³-hybridized carbons (Fsp3) is 0. The monoisotopic (exact) mass is 320 g/mol. The fourth-order valence-corrected chi connectivity index (χ4v) is 1.88. The van der Waals surface area contributed by atoms with Gasteiger partial charge in [-0.2, -0.15) is 0 Å². The van der Waals surface area contributed by atoms with E-state index >= 15 is 0 Å². The van der Waals surface area contributed by atoms with E-state index in [1.165, 1.54) is 21.5 Å². The van der Waals surface area contributed by atoms with Gasteiger partial charge in [-0.25, -0.2) is 0 Å². The van der Waals surface area contributed by atoms with Crippen molar-refractivity contribution in [3.8, 4) is 0 Å². The second kappa shape index (κ2) is 4.58. The SMILES string of the molecule is [Nd].c1ccc2cc3ccccc3cc2c1. The van der Waals surface area contributed by atoms with Gasteiger partial charge in [0.1, 0.15) is 0 Å². The Bertz CT molecular complexity index is 494. The van der Waals surface area contributed by atoms with Crippen molar-refractivity contribution in [3.63, 3.8) is 0 Å². The van der Waals surface area contributed by atoms with Gasteiger partial charge in [0.05, 0.1) is 0 Å². The molecule has 3 aromatic carbocycles. The van der Waals surface area contributed by atoms with Crippen molar-refractivity contribution in [2.75, 3.05) is 0 Å². The van der Waals surface area contributed by atoms with Gasteiger partial charge < -0.3 is 0 Å². The average molecular weight is 322 g/mol. The summed E-state index contributed by atoms with van der Waals surface area (Å²) < 4.78 is 0. The Hall–Kier alpha value is -0.469. The van der Waals surface area contributed by atoms with Crippen LogP contribution in [0.4, 0.5) is 0 Å². The van der Waals surface area contributed by atoms with Gasteiger partial charge >= 0.3 is 0 Å². The van der Waals surface area contributed by atoms with Gasteiger partial charge in [-0.1, -0.05) is 48.5 Å². The summed E-state index contributed by atoms with van der Waals surface area (Å²) in [7, 11) is 0. The van der Waals surface area contributed by atoms with E-state index in [1.54, 1.807) is 0 Å². The van der Waals surface area contributed by atoms with Crippen LogP contribution in [0.3, 0.4) is 0 Å². The molecule has 0 amide bonds. The summed E-state index contributed by atoms with van der Waals surface area (Å²) >= 11 is 0. The minimum absolute atomic E-state index is 0. The predicted octanol–water partition coefficient (Wildman–Crippen LogP) is 3.99. The van der Waals surface area contributed by atoms with Crippen molar-refractivity contribution < 1.29 is 40.8 Å². The molecule has 1 heteroatoms. The Morgan fingerprint density at radius 1 is 0.467 bits per heavy atom. The third-order valence-electron chi connectivity index (χ3n) is 2.61. The van der Waals surface area contributed by atoms with Gasteiger partial charge in [0.15, 0.2) is 0 Å². The van der Waals surface area contributed by atoms with Crippen LogP contribution in [0, 0.1) is 40.8 Å². The summed E-state index contributed by atoms with van der Waals surface area (Å²) in [6.45, 7) is 0. The van der Waals surface area contributed by atoms with Crippen molar-refractivity contribution in [1.29, 1.82) is 0 Å². The van der Waals surface area contributed by atoms with Crippen LogP contribution in [0.2, 0.25) is 0 Å². The first-order chi connectivity index (χ1) is 6.93. The molecule has 3 aromatic rings. The smallest absolute Gasteiger partial charge is 0 e. The molecule has 0 unspecified atom stereocenters. The first-order valence-corrected chi connectivity index (χ1v) is 4.81. The predicted molar refractivity (Wildman–Crippen MR) is 61.5 cm³/mol. The summed E-state index contributed by atoms with van der Waals surface area (Å²) in [4.78, 5) is 0. The molecule has 15 heavy (non-hydrogen) atoms. The molecule has 70 valence electrons. The van der Waals surface area contributed by atoms with Crippen LogP contribution in [0.25, 0.3) is 21.5 Å². The molecular weight excluding hydrogens is 312 g/mol. The Morgan fingerprint density at radius 3 is 1.00 bits per heavy atom. The minimum atomic E-state index is 0. The van der Waals surface area contributed by atoms with Gasteiger partial charge in [0, 0.05) is 40.8 Å². The second-order valence-electron chi connectivity index (χ2n) is 3.55. The Kier molecular flexibility index (Phi) is 3.37. The molecule has 0 aromatic heterocycles.